The quantitative estimate of drug-likeness (QED) is 0.133. The Labute approximate surface area is 270 Å². The number of amides is 1. The molecule has 0 aromatic heterocycles. The molecule has 1 amide bonds. The number of nitrogens with zero attached hydrogens (tertiary/aromatic N) is 1. The van der Waals surface area contributed by atoms with E-state index >= 15 is 0 Å². The maximum Gasteiger partial charge on any atom is 0.306 e. The summed E-state index contributed by atoms with van der Waals surface area (Å²) in [4.78, 5) is 32.2. The molecule has 1 aliphatic heterocycles. The third-order valence-corrected chi connectivity index (χ3v) is 7.44. The number of benzene rings is 3. The number of ether oxygens (including phenoxy) is 5. The highest BCUT2D eigenvalue weighted by molar-refractivity contribution is 6.01. The fourth-order valence-corrected chi connectivity index (χ4v) is 5.13. The number of carbonyl (C=O) groups excluding carboxylic acids is 2. The minimum atomic E-state index is -1.52. The molecule has 3 aromatic rings. The van der Waals surface area contributed by atoms with Crippen LogP contribution in [0.15, 0.2) is 83.9 Å². The molecule has 246 valence electrons. The number of methoxy groups -OCH3 is 2. The summed E-state index contributed by atoms with van der Waals surface area (Å²) in [7, 11) is 2.98. The van der Waals surface area contributed by atoms with E-state index in [0.717, 1.165) is 16.7 Å². The molecular formula is C36H44N2O8. The minimum Gasteiger partial charge on any atom is -0.494 e. The monoisotopic (exact) mass is 632 g/mol. The number of rotatable bonds is 15. The van der Waals surface area contributed by atoms with Crippen molar-refractivity contribution in [3.05, 3.63) is 90.0 Å². The molecular weight excluding hydrogens is 588 g/mol. The molecule has 0 aliphatic carbocycles. The number of hydrogen-bond acceptors (Lipinski definition) is 9. The van der Waals surface area contributed by atoms with Crippen LogP contribution in [0.25, 0.3) is 11.1 Å². The maximum atomic E-state index is 14.2. The van der Waals surface area contributed by atoms with Gasteiger partial charge in [-0.05, 0) is 68.1 Å². The van der Waals surface area contributed by atoms with Gasteiger partial charge in [0.25, 0.3) is 5.91 Å². The van der Waals surface area contributed by atoms with Crippen LogP contribution >= 0.6 is 0 Å². The molecule has 3 aromatic carbocycles. The van der Waals surface area contributed by atoms with Gasteiger partial charge in [-0.15, -0.1) is 0 Å². The van der Waals surface area contributed by atoms with E-state index in [1.165, 1.54) is 14.2 Å². The first-order valence-corrected chi connectivity index (χ1v) is 15.4. The van der Waals surface area contributed by atoms with Crippen molar-refractivity contribution in [3.63, 3.8) is 0 Å². The first-order valence-electron chi connectivity index (χ1n) is 15.4. The number of carbonyl (C=O) groups is 2. The average Bonchev–Trinajstić information content (AvgIpc) is 3.45. The first kappa shape index (κ1) is 34.6. The van der Waals surface area contributed by atoms with E-state index in [2.05, 4.69) is 5.32 Å². The van der Waals surface area contributed by atoms with Crippen LogP contribution in [0.4, 0.5) is 0 Å². The van der Waals surface area contributed by atoms with Crippen molar-refractivity contribution in [1.29, 1.82) is 0 Å². The van der Waals surface area contributed by atoms with Crippen molar-refractivity contribution in [3.8, 4) is 16.9 Å². The third-order valence-electron chi connectivity index (χ3n) is 7.44. The number of aliphatic hydroxyl groups is 1. The Morgan fingerprint density at radius 3 is 2.17 bits per heavy atom. The molecule has 2 N–H and O–H groups in total. The van der Waals surface area contributed by atoms with Gasteiger partial charge in [-0.25, -0.2) is 4.99 Å². The highest BCUT2D eigenvalue weighted by atomic mass is 16.7. The van der Waals surface area contributed by atoms with Crippen molar-refractivity contribution in [2.75, 3.05) is 34.0 Å². The van der Waals surface area contributed by atoms with Gasteiger partial charge in [0.1, 0.15) is 11.4 Å². The highest BCUT2D eigenvalue weighted by Crippen LogP contribution is 2.44. The number of esters is 1. The van der Waals surface area contributed by atoms with Crippen molar-refractivity contribution >= 4 is 17.8 Å². The van der Waals surface area contributed by atoms with Gasteiger partial charge >= 0.3 is 5.97 Å². The van der Waals surface area contributed by atoms with E-state index in [9.17, 15) is 9.59 Å². The van der Waals surface area contributed by atoms with E-state index in [-0.39, 0.29) is 31.9 Å². The summed E-state index contributed by atoms with van der Waals surface area (Å²) >= 11 is 0. The summed E-state index contributed by atoms with van der Waals surface area (Å²) in [5, 5.41) is 12.0. The first-order chi connectivity index (χ1) is 22.1. The molecule has 1 heterocycles. The highest BCUT2D eigenvalue weighted by Gasteiger charge is 2.53. The summed E-state index contributed by atoms with van der Waals surface area (Å²) in [6, 6.07) is 24.9. The smallest absolute Gasteiger partial charge is 0.306 e. The Morgan fingerprint density at radius 2 is 1.57 bits per heavy atom. The predicted molar refractivity (Wildman–Crippen MR) is 175 cm³/mol. The predicted octanol–water partition coefficient (Wildman–Crippen LogP) is 5.23. The Balaban J connectivity index is 1.74. The largest absolute Gasteiger partial charge is 0.494 e. The molecule has 0 radical (unpaired) electrons. The average molecular weight is 633 g/mol. The molecule has 2 atom stereocenters. The lowest BCUT2D eigenvalue weighted by Crippen LogP contribution is -2.50. The van der Waals surface area contributed by atoms with Crippen LogP contribution < -0.4 is 10.1 Å². The molecule has 0 saturated heterocycles. The third kappa shape index (κ3) is 8.93. The summed E-state index contributed by atoms with van der Waals surface area (Å²) in [5.74, 6) is 0.000149. The fourth-order valence-electron chi connectivity index (χ4n) is 5.13. The second-order valence-corrected chi connectivity index (χ2v) is 12.0. The Bertz CT molecular complexity index is 1450. The zero-order chi connectivity index (χ0) is 33.2. The minimum absolute atomic E-state index is 0.0232. The second-order valence-electron chi connectivity index (χ2n) is 12.0. The lowest BCUT2D eigenvalue weighted by atomic mass is 9.83. The van der Waals surface area contributed by atoms with Crippen LogP contribution in [-0.4, -0.2) is 74.3 Å². The van der Waals surface area contributed by atoms with E-state index in [1.807, 2.05) is 54.6 Å². The van der Waals surface area contributed by atoms with Crippen LogP contribution in [0.5, 0.6) is 5.75 Å². The summed E-state index contributed by atoms with van der Waals surface area (Å²) in [6.45, 7) is 5.88. The lowest BCUT2D eigenvalue weighted by Gasteiger charge is -2.31. The molecule has 10 heteroatoms. The molecule has 0 saturated carbocycles. The molecule has 46 heavy (non-hydrogen) atoms. The van der Waals surface area contributed by atoms with Gasteiger partial charge in [0.15, 0.2) is 17.9 Å². The molecule has 4 rings (SSSR count). The van der Waals surface area contributed by atoms with Crippen molar-refractivity contribution in [2.24, 2.45) is 4.99 Å². The SMILES string of the molecule is COC(CNC(=O)[C@]1(CCC(=O)OC(C)(C)C)N=C(c2ccc(OCCCO)cc2)O[C@@H]1c1ccc(-c2ccccc2)cc1)OC. The van der Waals surface area contributed by atoms with Gasteiger partial charge in [-0.3, -0.25) is 9.59 Å². The topological polar surface area (TPSA) is 125 Å². The maximum absolute atomic E-state index is 14.2. The summed E-state index contributed by atoms with van der Waals surface area (Å²) in [5.41, 5.74) is 1.20. The van der Waals surface area contributed by atoms with Crippen molar-refractivity contribution in [1.82, 2.24) is 5.32 Å². The molecule has 1 aliphatic rings. The van der Waals surface area contributed by atoms with Gasteiger partial charge in [0.05, 0.1) is 13.2 Å². The van der Waals surface area contributed by atoms with Gasteiger partial charge in [-0.2, -0.15) is 0 Å². The van der Waals surface area contributed by atoms with E-state index in [4.69, 9.17) is 33.8 Å². The molecule has 0 spiro atoms. The van der Waals surface area contributed by atoms with Gasteiger partial charge < -0.3 is 34.1 Å². The normalized spacial score (nSPS) is 17.7. The lowest BCUT2D eigenvalue weighted by molar-refractivity contribution is -0.155. The van der Waals surface area contributed by atoms with Gasteiger partial charge in [0, 0.05) is 39.2 Å². The van der Waals surface area contributed by atoms with Crippen LogP contribution in [0.3, 0.4) is 0 Å². The number of aliphatic imine (C=N–C) groups is 1. The molecule has 0 unspecified atom stereocenters. The van der Waals surface area contributed by atoms with Crippen molar-refractivity contribution < 1.29 is 38.4 Å². The molecule has 10 nitrogen and oxygen atoms in total. The Hall–Kier alpha value is -4.25. The number of nitrogens with one attached hydrogen (secondary N) is 1. The zero-order valence-electron chi connectivity index (χ0n) is 27.2. The Kier molecular flexibility index (Phi) is 11.9. The van der Waals surface area contributed by atoms with Gasteiger partial charge in [-0.1, -0.05) is 54.6 Å². The van der Waals surface area contributed by atoms with Crippen LogP contribution in [-0.2, 0) is 28.5 Å². The van der Waals surface area contributed by atoms with Crippen molar-refractivity contribution in [2.45, 2.75) is 63.6 Å². The van der Waals surface area contributed by atoms with Gasteiger partial charge in [0.2, 0.25) is 5.90 Å². The van der Waals surface area contributed by atoms with E-state index < -0.39 is 35.4 Å². The second kappa shape index (κ2) is 15.8. The fraction of sp³-hybridized carbons (Fsp3) is 0.417. The zero-order valence-corrected chi connectivity index (χ0v) is 27.2. The summed E-state index contributed by atoms with van der Waals surface area (Å²) in [6.07, 6.45) is -1.07. The van der Waals surface area contributed by atoms with Crippen LogP contribution in [0.2, 0.25) is 0 Å². The number of hydrogen-bond donors (Lipinski definition) is 2. The molecule has 0 fully saturated rings. The Morgan fingerprint density at radius 1 is 0.935 bits per heavy atom. The van der Waals surface area contributed by atoms with Crippen LogP contribution in [0.1, 0.15) is 57.3 Å². The molecule has 0 bridgehead atoms. The number of aliphatic hydroxyl groups excluding tert-OH is 1. The standard InChI is InChI=1S/C36H44N2O8/c1-35(2,3)46-30(40)20-21-36(34(41)37-24-31(42-4)43-5)32(27-14-12-26(13-15-27)25-10-7-6-8-11-25)45-33(38-36)28-16-18-29(19-17-28)44-23-9-22-39/h6-8,10-19,31-32,39H,9,20-24H2,1-5H3,(H,37,41)/t32-,36-/m1/s1. The van der Waals surface area contributed by atoms with Crippen LogP contribution in [0, 0.1) is 0 Å². The summed E-state index contributed by atoms with van der Waals surface area (Å²) < 4.78 is 28.4. The van der Waals surface area contributed by atoms with E-state index in [1.54, 1.807) is 45.0 Å². The van der Waals surface area contributed by atoms with E-state index in [0.29, 0.717) is 24.3 Å².